The zero-order valence-corrected chi connectivity index (χ0v) is 15.6. The number of aromatic nitrogens is 1. The fourth-order valence-electron chi connectivity index (χ4n) is 4.69. The molecule has 2 aliphatic heterocycles. The van der Waals surface area contributed by atoms with Gasteiger partial charge in [0.15, 0.2) is 0 Å². The summed E-state index contributed by atoms with van der Waals surface area (Å²) >= 11 is 0. The van der Waals surface area contributed by atoms with E-state index in [0.29, 0.717) is 0 Å². The van der Waals surface area contributed by atoms with Gasteiger partial charge in [-0.2, -0.15) is 0 Å². The Morgan fingerprint density at radius 1 is 1.08 bits per heavy atom. The molecular weight excluding hydrogens is 312 g/mol. The van der Waals surface area contributed by atoms with E-state index in [9.17, 15) is 4.79 Å². The number of rotatable bonds is 1. The van der Waals surface area contributed by atoms with E-state index in [1.807, 2.05) is 4.90 Å². The van der Waals surface area contributed by atoms with Crippen LogP contribution >= 0.6 is 0 Å². The monoisotopic (exact) mass is 340 g/mol. The number of H-pyrrole nitrogens is 1. The minimum absolute atomic E-state index is 0.0394. The summed E-state index contributed by atoms with van der Waals surface area (Å²) in [5.74, 6) is 0.141. The molecule has 2 aliphatic rings. The van der Waals surface area contributed by atoms with Crippen LogP contribution in [0.1, 0.15) is 59.3 Å². The predicted molar refractivity (Wildman–Crippen MR) is 100 cm³/mol. The van der Waals surface area contributed by atoms with E-state index >= 15 is 0 Å². The lowest BCUT2D eigenvalue weighted by atomic mass is 9.92. The number of ether oxygens (including phenoxy) is 1. The van der Waals surface area contributed by atoms with Crippen molar-refractivity contribution in [2.45, 2.75) is 58.5 Å². The van der Waals surface area contributed by atoms with Crippen molar-refractivity contribution in [3.05, 3.63) is 34.5 Å². The number of benzene rings is 1. The van der Waals surface area contributed by atoms with Gasteiger partial charge in [0, 0.05) is 30.6 Å². The average Bonchev–Trinajstić information content (AvgIpc) is 3.12. The number of fused-ring (bicyclic) bond motifs is 1. The second-order valence-electron chi connectivity index (χ2n) is 7.86. The van der Waals surface area contributed by atoms with E-state index in [1.54, 1.807) is 0 Å². The van der Waals surface area contributed by atoms with Crippen LogP contribution in [-0.4, -0.2) is 41.1 Å². The second kappa shape index (κ2) is 6.17. The van der Waals surface area contributed by atoms with Crippen molar-refractivity contribution in [2.24, 2.45) is 0 Å². The largest absolute Gasteiger partial charge is 0.375 e. The maximum atomic E-state index is 13.2. The molecule has 0 aliphatic carbocycles. The Morgan fingerprint density at radius 2 is 1.84 bits per heavy atom. The molecule has 4 nitrogen and oxygen atoms in total. The maximum Gasteiger partial charge on any atom is 0.270 e. The molecule has 1 N–H and O–H groups in total. The van der Waals surface area contributed by atoms with Gasteiger partial charge >= 0.3 is 0 Å². The van der Waals surface area contributed by atoms with Crippen molar-refractivity contribution in [1.82, 2.24) is 9.88 Å². The minimum Gasteiger partial charge on any atom is -0.375 e. The second-order valence-corrected chi connectivity index (χ2v) is 7.86. The van der Waals surface area contributed by atoms with E-state index < -0.39 is 0 Å². The Bertz CT molecular complexity index is 815. The lowest BCUT2D eigenvalue weighted by Gasteiger charge is -2.26. The smallest absolute Gasteiger partial charge is 0.270 e. The highest BCUT2D eigenvalue weighted by atomic mass is 16.5. The van der Waals surface area contributed by atoms with Gasteiger partial charge in [0.05, 0.1) is 5.60 Å². The van der Waals surface area contributed by atoms with Gasteiger partial charge in [0.1, 0.15) is 5.69 Å². The van der Waals surface area contributed by atoms with Crippen LogP contribution < -0.4 is 0 Å². The van der Waals surface area contributed by atoms with Crippen LogP contribution in [0.3, 0.4) is 0 Å². The van der Waals surface area contributed by atoms with Gasteiger partial charge in [-0.05, 0) is 69.6 Å². The number of nitrogens with one attached hydrogen (secondary N) is 1. The van der Waals surface area contributed by atoms with Crippen molar-refractivity contribution in [3.63, 3.8) is 0 Å². The van der Waals surface area contributed by atoms with Gasteiger partial charge in [-0.25, -0.2) is 0 Å². The van der Waals surface area contributed by atoms with Crippen LogP contribution in [0.2, 0.25) is 0 Å². The molecule has 1 aromatic heterocycles. The first-order valence-corrected chi connectivity index (χ1v) is 9.52. The zero-order chi connectivity index (χ0) is 17.6. The fraction of sp³-hybridized carbons (Fsp3) is 0.571. The quantitative estimate of drug-likeness (QED) is 0.843. The van der Waals surface area contributed by atoms with Crippen LogP contribution in [0.15, 0.2) is 12.1 Å². The number of hydrogen-bond donors (Lipinski definition) is 1. The van der Waals surface area contributed by atoms with Crippen LogP contribution in [0.25, 0.3) is 10.9 Å². The molecule has 2 aromatic rings. The number of hydrogen-bond acceptors (Lipinski definition) is 2. The zero-order valence-electron chi connectivity index (χ0n) is 15.6. The third kappa shape index (κ3) is 2.77. The molecule has 1 amide bonds. The maximum absolute atomic E-state index is 13.2. The number of aromatic amines is 1. The SMILES string of the molecule is Cc1ccc(C)c2c(C)c(C(=O)N3CCCC4(CCCO4)CC3)[nH]c12. The van der Waals surface area contributed by atoms with Gasteiger partial charge < -0.3 is 14.6 Å². The number of carbonyl (C=O) groups excluding carboxylic acids is 1. The predicted octanol–water partition coefficient (Wildman–Crippen LogP) is 4.27. The lowest BCUT2D eigenvalue weighted by Crippen LogP contribution is -2.34. The summed E-state index contributed by atoms with van der Waals surface area (Å²) < 4.78 is 6.05. The van der Waals surface area contributed by atoms with Crippen LogP contribution in [-0.2, 0) is 4.74 Å². The average molecular weight is 340 g/mol. The van der Waals surface area contributed by atoms with Gasteiger partial charge in [-0.15, -0.1) is 0 Å². The Kier molecular flexibility index (Phi) is 4.11. The van der Waals surface area contributed by atoms with Crippen LogP contribution in [0.5, 0.6) is 0 Å². The summed E-state index contributed by atoms with van der Waals surface area (Å²) in [6, 6.07) is 4.26. The van der Waals surface area contributed by atoms with E-state index in [1.165, 1.54) is 16.5 Å². The molecule has 2 fully saturated rings. The van der Waals surface area contributed by atoms with Crippen molar-refractivity contribution in [3.8, 4) is 0 Å². The minimum atomic E-state index is 0.0394. The third-order valence-electron chi connectivity index (χ3n) is 6.21. The molecular formula is C21H28N2O2. The summed E-state index contributed by atoms with van der Waals surface area (Å²) in [6.07, 6.45) is 5.40. The standard InChI is InChI=1S/C21H28N2O2/c1-14-6-7-15(2)18-17(14)16(3)19(22-18)20(24)23-11-4-8-21(10-12-23)9-5-13-25-21/h6-7,22H,4-5,8-13H2,1-3H3. The molecule has 2 saturated heterocycles. The molecule has 1 spiro atoms. The van der Waals surface area contributed by atoms with Crippen molar-refractivity contribution in [1.29, 1.82) is 0 Å². The molecule has 1 unspecified atom stereocenters. The van der Waals surface area contributed by atoms with E-state index in [4.69, 9.17) is 4.74 Å². The van der Waals surface area contributed by atoms with Gasteiger partial charge in [0.25, 0.3) is 5.91 Å². The molecule has 4 rings (SSSR count). The number of carbonyl (C=O) groups is 1. The highest BCUT2D eigenvalue weighted by Gasteiger charge is 2.37. The Balaban J connectivity index is 1.63. The number of aryl methyl sites for hydroxylation is 3. The van der Waals surface area contributed by atoms with E-state index in [-0.39, 0.29) is 11.5 Å². The molecule has 0 bridgehead atoms. The molecule has 25 heavy (non-hydrogen) atoms. The van der Waals surface area contributed by atoms with E-state index in [2.05, 4.69) is 37.9 Å². The molecule has 0 saturated carbocycles. The lowest BCUT2D eigenvalue weighted by molar-refractivity contribution is -0.00692. The summed E-state index contributed by atoms with van der Waals surface area (Å²) in [5, 5.41) is 1.20. The molecule has 134 valence electrons. The topological polar surface area (TPSA) is 45.3 Å². The van der Waals surface area contributed by atoms with E-state index in [0.717, 1.165) is 68.6 Å². The highest BCUT2D eigenvalue weighted by Crippen LogP contribution is 2.36. The van der Waals surface area contributed by atoms with Gasteiger partial charge in [-0.1, -0.05) is 12.1 Å². The van der Waals surface area contributed by atoms with Crippen molar-refractivity contribution < 1.29 is 9.53 Å². The van der Waals surface area contributed by atoms with Gasteiger partial charge in [-0.3, -0.25) is 4.79 Å². The van der Waals surface area contributed by atoms with Gasteiger partial charge in [0.2, 0.25) is 0 Å². The third-order valence-corrected chi connectivity index (χ3v) is 6.21. The Hall–Kier alpha value is -1.81. The van der Waals surface area contributed by atoms with Crippen molar-refractivity contribution in [2.75, 3.05) is 19.7 Å². The number of amides is 1. The summed E-state index contributed by atoms with van der Waals surface area (Å²) in [6.45, 7) is 8.79. The first kappa shape index (κ1) is 16.6. The first-order valence-electron chi connectivity index (χ1n) is 9.52. The Morgan fingerprint density at radius 3 is 2.56 bits per heavy atom. The first-order chi connectivity index (χ1) is 12.0. The Labute approximate surface area is 149 Å². The molecule has 1 aromatic carbocycles. The number of likely N-dealkylation sites (tertiary alicyclic amines) is 1. The van der Waals surface area contributed by atoms with Crippen LogP contribution in [0.4, 0.5) is 0 Å². The van der Waals surface area contributed by atoms with Crippen molar-refractivity contribution >= 4 is 16.8 Å². The molecule has 0 radical (unpaired) electrons. The summed E-state index contributed by atoms with van der Waals surface area (Å²) in [4.78, 5) is 18.7. The fourth-order valence-corrected chi connectivity index (χ4v) is 4.69. The normalized spacial score (nSPS) is 24.2. The van der Waals surface area contributed by atoms with Crippen LogP contribution in [0, 0.1) is 20.8 Å². The summed E-state index contributed by atoms with van der Waals surface area (Å²) in [7, 11) is 0. The summed E-state index contributed by atoms with van der Waals surface area (Å²) in [5.41, 5.74) is 5.40. The molecule has 3 heterocycles. The highest BCUT2D eigenvalue weighted by molar-refractivity contribution is 6.02. The molecule has 4 heteroatoms. The molecule has 1 atom stereocenters. The number of nitrogens with zero attached hydrogens (tertiary/aromatic N) is 1.